The summed E-state index contributed by atoms with van der Waals surface area (Å²) in [6, 6.07) is 18.5. The van der Waals surface area contributed by atoms with Crippen LogP contribution in [0.2, 0.25) is 0 Å². The second-order valence-electron chi connectivity index (χ2n) is 6.13. The standard InChI is InChI=1S/C19H26N2O/c1-15-10-12-17(13-11-15)21(4)19(18(22)14-20(2)3)16-8-6-5-7-9-16/h5-13,18-19,22H,14H2,1-4H3. The summed E-state index contributed by atoms with van der Waals surface area (Å²) in [5, 5.41) is 10.7. The fourth-order valence-corrected chi connectivity index (χ4v) is 2.77. The Kier molecular flexibility index (Phi) is 5.58. The third-order valence-corrected chi connectivity index (χ3v) is 3.92. The third-order valence-electron chi connectivity index (χ3n) is 3.92. The van der Waals surface area contributed by atoms with Gasteiger partial charge in [0.05, 0.1) is 12.1 Å². The van der Waals surface area contributed by atoms with E-state index >= 15 is 0 Å². The Morgan fingerprint density at radius 2 is 1.50 bits per heavy atom. The number of aryl methyl sites for hydroxylation is 1. The molecule has 118 valence electrons. The van der Waals surface area contributed by atoms with Crippen molar-refractivity contribution < 1.29 is 5.11 Å². The van der Waals surface area contributed by atoms with Gasteiger partial charge >= 0.3 is 0 Å². The van der Waals surface area contributed by atoms with Crippen molar-refractivity contribution in [2.75, 3.05) is 32.6 Å². The maximum absolute atomic E-state index is 10.7. The Labute approximate surface area is 133 Å². The number of aliphatic hydroxyl groups is 1. The van der Waals surface area contributed by atoms with Gasteiger partial charge in [0.1, 0.15) is 0 Å². The lowest BCUT2D eigenvalue weighted by atomic mass is 9.99. The molecule has 0 fully saturated rings. The van der Waals surface area contributed by atoms with Gasteiger partial charge in [-0.15, -0.1) is 0 Å². The van der Waals surface area contributed by atoms with Gasteiger partial charge in [-0.3, -0.25) is 0 Å². The van der Waals surface area contributed by atoms with Crippen molar-refractivity contribution in [1.82, 2.24) is 4.90 Å². The Balaban J connectivity index is 2.33. The summed E-state index contributed by atoms with van der Waals surface area (Å²) in [7, 11) is 6.01. The van der Waals surface area contributed by atoms with Crippen LogP contribution in [0.4, 0.5) is 5.69 Å². The first-order valence-electron chi connectivity index (χ1n) is 7.66. The summed E-state index contributed by atoms with van der Waals surface area (Å²) in [5.74, 6) is 0. The molecule has 0 bridgehead atoms. The van der Waals surface area contributed by atoms with E-state index in [0.717, 1.165) is 11.3 Å². The Morgan fingerprint density at radius 1 is 0.909 bits per heavy atom. The number of likely N-dealkylation sites (N-methyl/N-ethyl adjacent to an activating group) is 2. The highest BCUT2D eigenvalue weighted by Gasteiger charge is 2.26. The third kappa shape index (κ3) is 4.09. The maximum Gasteiger partial charge on any atom is 0.0911 e. The van der Waals surface area contributed by atoms with E-state index < -0.39 is 6.10 Å². The molecule has 0 aromatic heterocycles. The van der Waals surface area contributed by atoms with E-state index in [4.69, 9.17) is 0 Å². The molecule has 0 saturated carbocycles. The van der Waals surface area contributed by atoms with Crippen LogP contribution in [-0.4, -0.2) is 43.8 Å². The summed E-state index contributed by atoms with van der Waals surface area (Å²) in [6.45, 7) is 2.70. The van der Waals surface area contributed by atoms with Crippen molar-refractivity contribution in [2.45, 2.75) is 19.1 Å². The molecule has 0 aliphatic carbocycles. The van der Waals surface area contributed by atoms with Gasteiger partial charge in [-0.1, -0.05) is 48.0 Å². The molecule has 0 spiro atoms. The molecule has 0 amide bonds. The van der Waals surface area contributed by atoms with Crippen molar-refractivity contribution >= 4 is 5.69 Å². The molecule has 0 aliphatic rings. The molecule has 0 saturated heterocycles. The SMILES string of the molecule is Cc1ccc(N(C)C(c2ccccc2)C(O)CN(C)C)cc1. The van der Waals surface area contributed by atoms with Crippen LogP contribution < -0.4 is 4.90 Å². The zero-order chi connectivity index (χ0) is 16.1. The Bertz CT molecular complexity index is 566. The minimum Gasteiger partial charge on any atom is -0.389 e. The van der Waals surface area contributed by atoms with Crippen LogP contribution in [0, 0.1) is 6.92 Å². The average molecular weight is 298 g/mol. The van der Waals surface area contributed by atoms with Crippen molar-refractivity contribution in [3.63, 3.8) is 0 Å². The Morgan fingerprint density at radius 3 is 2.05 bits per heavy atom. The molecule has 22 heavy (non-hydrogen) atoms. The van der Waals surface area contributed by atoms with E-state index in [1.54, 1.807) is 0 Å². The lowest BCUT2D eigenvalue weighted by Gasteiger charge is -2.35. The summed E-state index contributed by atoms with van der Waals surface area (Å²) >= 11 is 0. The Hall–Kier alpha value is -1.84. The summed E-state index contributed by atoms with van der Waals surface area (Å²) < 4.78 is 0. The minimum absolute atomic E-state index is 0.0775. The number of nitrogens with zero attached hydrogens (tertiary/aromatic N) is 2. The van der Waals surface area contributed by atoms with E-state index in [9.17, 15) is 5.11 Å². The summed E-state index contributed by atoms with van der Waals surface area (Å²) in [5.41, 5.74) is 3.47. The lowest BCUT2D eigenvalue weighted by molar-refractivity contribution is 0.109. The van der Waals surface area contributed by atoms with Crippen molar-refractivity contribution in [1.29, 1.82) is 0 Å². The molecule has 3 heteroatoms. The van der Waals surface area contributed by atoms with Crippen LogP contribution >= 0.6 is 0 Å². The number of hydrogen-bond donors (Lipinski definition) is 1. The predicted molar refractivity (Wildman–Crippen MR) is 93.3 cm³/mol. The van der Waals surface area contributed by atoms with Gasteiger partial charge in [0.25, 0.3) is 0 Å². The number of anilines is 1. The number of hydrogen-bond acceptors (Lipinski definition) is 3. The van der Waals surface area contributed by atoms with Crippen LogP contribution in [0.15, 0.2) is 54.6 Å². The highest BCUT2D eigenvalue weighted by atomic mass is 16.3. The molecule has 1 N–H and O–H groups in total. The van der Waals surface area contributed by atoms with Gasteiger partial charge in [-0.2, -0.15) is 0 Å². The fourth-order valence-electron chi connectivity index (χ4n) is 2.77. The molecule has 2 atom stereocenters. The second kappa shape index (κ2) is 7.43. The molecule has 0 radical (unpaired) electrons. The van der Waals surface area contributed by atoms with E-state index in [0.29, 0.717) is 6.54 Å². The highest BCUT2D eigenvalue weighted by molar-refractivity contribution is 5.49. The summed E-state index contributed by atoms with van der Waals surface area (Å²) in [6.07, 6.45) is -0.469. The molecule has 0 heterocycles. The van der Waals surface area contributed by atoms with Crippen LogP contribution in [0.5, 0.6) is 0 Å². The molecule has 2 rings (SSSR count). The highest BCUT2D eigenvalue weighted by Crippen LogP contribution is 2.29. The monoisotopic (exact) mass is 298 g/mol. The number of aliphatic hydroxyl groups excluding tert-OH is 1. The van der Waals surface area contributed by atoms with Crippen LogP contribution in [0.1, 0.15) is 17.2 Å². The van der Waals surface area contributed by atoms with Crippen molar-refractivity contribution in [3.05, 3.63) is 65.7 Å². The fraction of sp³-hybridized carbons (Fsp3) is 0.368. The van der Waals surface area contributed by atoms with E-state index in [-0.39, 0.29) is 6.04 Å². The molecule has 2 aromatic carbocycles. The normalized spacial score (nSPS) is 13.9. The average Bonchev–Trinajstić information content (AvgIpc) is 2.48. The van der Waals surface area contributed by atoms with Gasteiger partial charge < -0.3 is 14.9 Å². The van der Waals surface area contributed by atoms with Crippen LogP contribution in [0.3, 0.4) is 0 Å². The smallest absolute Gasteiger partial charge is 0.0911 e. The number of rotatable bonds is 6. The van der Waals surface area contributed by atoms with Crippen LogP contribution in [-0.2, 0) is 0 Å². The zero-order valence-corrected chi connectivity index (χ0v) is 13.9. The van der Waals surface area contributed by atoms with Gasteiger partial charge in [0, 0.05) is 19.3 Å². The van der Waals surface area contributed by atoms with E-state index in [2.05, 4.69) is 48.2 Å². The first-order valence-corrected chi connectivity index (χ1v) is 7.66. The predicted octanol–water partition coefficient (Wildman–Crippen LogP) is 3.10. The first-order chi connectivity index (χ1) is 10.5. The maximum atomic E-state index is 10.7. The topological polar surface area (TPSA) is 26.7 Å². The number of benzene rings is 2. The lowest BCUT2D eigenvalue weighted by Crippen LogP contribution is -2.39. The molecular weight excluding hydrogens is 272 g/mol. The second-order valence-corrected chi connectivity index (χ2v) is 6.13. The quantitative estimate of drug-likeness (QED) is 0.888. The van der Waals surface area contributed by atoms with Crippen LogP contribution in [0.25, 0.3) is 0 Å². The molecule has 3 nitrogen and oxygen atoms in total. The van der Waals surface area contributed by atoms with Gasteiger partial charge in [-0.25, -0.2) is 0 Å². The first kappa shape index (κ1) is 16.5. The zero-order valence-electron chi connectivity index (χ0n) is 13.9. The molecule has 0 aliphatic heterocycles. The minimum atomic E-state index is -0.469. The molecular formula is C19H26N2O. The van der Waals surface area contributed by atoms with Gasteiger partial charge in [0.2, 0.25) is 0 Å². The van der Waals surface area contributed by atoms with Gasteiger partial charge in [-0.05, 0) is 38.7 Å². The molecule has 2 aromatic rings. The molecule has 2 unspecified atom stereocenters. The van der Waals surface area contributed by atoms with Gasteiger partial charge in [0.15, 0.2) is 0 Å². The summed E-state index contributed by atoms with van der Waals surface area (Å²) in [4.78, 5) is 4.17. The van der Waals surface area contributed by atoms with E-state index in [1.165, 1.54) is 5.56 Å². The largest absolute Gasteiger partial charge is 0.389 e. The van der Waals surface area contributed by atoms with E-state index in [1.807, 2.05) is 44.2 Å². The van der Waals surface area contributed by atoms with Crippen molar-refractivity contribution in [2.24, 2.45) is 0 Å². The van der Waals surface area contributed by atoms with Crippen molar-refractivity contribution in [3.8, 4) is 0 Å².